The second-order valence-corrected chi connectivity index (χ2v) is 8.10. The fourth-order valence-corrected chi connectivity index (χ4v) is 3.39. The molecule has 0 radical (unpaired) electrons. The molecule has 11 heteroatoms. The van der Waals surface area contributed by atoms with Gasteiger partial charge >= 0.3 is 17.3 Å². The number of nitro benzene ring substituents is 2. The molecule has 0 atom stereocenters. The Morgan fingerprint density at radius 1 is 0.879 bits per heavy atom. The molecule has 0 aliphatic heterocycles. The predicted octanol–water partition coefficient (Wildman–Crippen LogP) is 3.88. The van der Waals surface area contributed by atoms with Gasteiger partial charge in [-0.25, -0.2) is 4.79 Å². The van der Waals surface area contributed by atoms with Crippen molar-refractivity contribution in [3.63, 3.8) is 0 Å². The first-order valence-electron chi connectivity index (χ1n) is 9.81. The highest BCUT2D eigenvalue weighted by atomic mass is 16.6. The molecule has 2 aromatic carbocycles. The molecule has 0 amide bonds. The predicted molar refractivity (Wildman–Crippen MR) is 117 cm³/mol. The zero-order chi connectivity index (χ0) is 25.1. The van der Waals surface area contributed by atoms with E-state index in [2.05, 4.69) is 0 Å². The second kappa shape index (κ2) is 9.63. The zero-order valence-electron chi connectivity index (χ0n) is 18.8. The first-order valence-corrected chi connectivity index (χ1v) is 9.81. The lowest BCUT2D eigenvalue weighted by atomic mass is 9.76. The molecule has 0 heterocycles. The zero-order valence-corrected chi connectivity index (χ0v) is 18.8. The average molecular weight is 460 g/mol. The fraction of sp³-hybridized carbons (Fsp3) is 0.364. The molecule has 33 heavy (non-hydrogen) atoms. The number of carboxylic acids is 1. The number of carbonyl (C=O) groups excluding carboxylic acids is 1. The van der Waals surface area contributed by atoms with Crippen LogP contribution in [0.15, 0.2) is 24.3 Å². The van der Waals surface area contributed by atoms with Crippen molar-refractivity contribution in [2.45, 2.75) is 40.0 Å². The van der Waals surface area contributed by atoms with Crippen molar-refractivity contribution >= 4 is 23.1 Å². The number of aliphatic carboxylic acids is 1. The summed E-state index contributed by atoms with van der Waals surface area (Å²) in [5, 5.41) is 32.1. The van der Waals surface area contributed by atoms with Crippen LogP contribution in [0.5, 0.6) is 11.5 Å². The van der Waals surface area contributed by atoms with Crippen LogP contribution < -0.4 is 9.47 Å². The number of rotatable bonds is 10. The first-order chi connectivity index (χ1) is 15.2. The van der Waals surface area contributed by atoms with E-state index in [1.54, 1.807) is 39.8 Å². The van der Waals surface area contributed by atoms with Gasteiger partial charge in [0.25, 0.3) is 5.75 Å². The second-order valence-electron chi connectivity index (χ2n) is 8.10. The molecule has 0 saturated heterocycles. The maximum Gasteiger partial charge on any atom is 0.341 e. The minimum atomic E-state index is -1.43. The van der Waals surface area contributed by atoms with Gasteiger partial charge in [0.2, 0.25) is 0 Å². The van der Waals surface area contributed by atoms with E-state index in [9.17, 15) is 29.8 Å². The Morgan fingerprint density at radius 2 is 1.30 bits per heavy atom. The largest absolute Gasteiger partial charge is 0.485 e. The highest BCUT2D eigenvalue weighted by Crippen LogP contribution is 2.44. The van der Waals surface area contributed by atoms with E-state index in [0.717, 1.165) is 23.3 Å². The highest BCUT2D eigenvalue weighted by molar-refractivity contribution is 5.77. The number of Topliss-reactive ketones (excluding diaryl/α,β-unsaturated/α-hetero) is 1. The lowest BCUT2D eigenvalue weighted by Gasteiger charge is -2.28. The van der Waals surface area contributed by atoms with Crippen LogP contribution in [-0.2, 0) is 15.0 Å². The highest BCUT2D eigenvalue weighted by Gasteiger charge is 2.34. The molecule has 11 nitrogen and oxygen atoms in total. The van der Waals surface area contributed by atoms with Crippen LogP contribution in [0.25, 0.3) is 0 Å². The van der Waals surface area contributed by atoms with Crippen LogP contribution >= 0.6 is 0 Å². The van der Waals surface area contributed by atoms with Gasteiger partial charge in [0, 0.05) is 17.5 Å². The van der Waals surface area contributed by atoms with E-state index < -0.39 is 45.0 Å². The summed E-state index contributed by atoms with van der Waals surface area (Å²) in [5.41, 5.74) is 0.0895. The fourth-order valence-electron chi connectivity index (χ4n) is 3.39. The molecule has 0 bridgehead atoms. The lowest BCUT2D eigenvalue weighted by Crippen LogP contribution is -2.21. The Balaban J connectivity index is 2.65. The third kappa shape index (κ3) is 5.62. The van der Waals surface area contributed by atoms with Crippen LogP contribution in [0, 0.1) is 34.1 Å². The molecule has 0 unspecified atom stereocenters. The Hall–Kier alpha value is -4.02. The summed E-state index contributed by atoms with van der Waals surface area (Å²) in [7, 11) is 0. The van der Waals surface area contributed by atoms with E-state index in [0.29, 0.717) is 11.3 Å². The SMILES string of the molecule is CC(=O)COc1c(C)cc(C(C)(C)c2cc([N+](=O)[O-])c(OCC(=O)O)c([N+](=O)[O-])c2)cc1C. The molecule has 1 N–H and O–H groups in total. The van der Waals surface area contributed by atoms with Crippen molar-refractivity contribution in [1.29, 1.82) is 0 Å². The normalized spacial score (nSPS) is 11.1. The molecule has 2 rings (SSSR count). The average Bonchev–Trinajstić information content (AvgIpc) is 2.70. The molecule has 176 valence electrons. The Morgan fingerprint density at radius 3 is 1.70 bits per heavy atom. The number of nitrogens with zero attached hydrogens (tertiary/aromatic N) is 2. The summed E-state index contributed by atoms with van der Waals surface area (Å²) in [6.07, 6.45) is 0. The molecule has 0 fully saturated rings. The van der Waals surface area contributed by atoms with Crippen LogP contribution in [0.4, 0.5) is 11.4 Å². The standard InChI is InChI=1S/C22H24N2O9/c1-12-6-15(7-13(2)20(12)32-10-14(3)25)22(4,5)16-8-17(23(28)29)21(33-11-19(26)27)18(9-16)24(30)31/h6-9H,10-11H2,1-5H3,(H,26,27). The van der Waals surface area contributed by atoms with Gasteiger partial charge in [-0.2, -0.15) is 0 Å². The van der Waals surface area contributed by atoms with Crippen molar-refractivity contribution in [2.24, 2.45) is 0 Å². The third-order valence-electron chi connectivity index (χ3n) is 5.11. The van der Waals surface area contributed by atoms with Gasteiger partial charge < -0.3 is 14.6 Å². The van der Waals surface area contributed by atoms with E-state index in [-0.39, 0.29) is 18.0 Å². The number of benzene rings is 2. The molecule has 0 aliphatic rings. The summed E-state index contributed by atoms with van der Waals surface area (Å²) in [4.78, 5) is 43.7. The van der Waals surface area contributed by atoms with Gasteiger partial charge in [0.1, 0.15) is 12.4 Å². The summed E-state index contributed by atoms with van der Waals surface area (Å²) in [6.45, 7) is 7.43. The number of hydrogen-bond acceptors (Lipinski definition) is 8. The minimum absolute atomic E-state index is 0.0827. The van der Waals surface area contributed by atoms with Crippen molar-refractivity contribution in [1.82, 2.24) is 0 Å². The molecule has 0 saturated carbocycles. The van der Waals surface area contributed by atoms with Crippen LogP contribution in [0.3, 0.4) is 0 Å². The Kier molecular flexibility index (Phi) is 7.37. The number of ether oxygens (including phenoxy) is 2. The van der Waals surface area contributed by atoms with Gasteiger partial charge in [0.15, 0.2) is 12.4 Å². The van der Waals surface area contributed by atoms with E-state index in [1.807, 2.05) is 0 Å². The van der Waals surface area contributed by atoms with E-state index in [1.165, 1.54) is 6.92 Å². The quantitative estimate of drug-likeness (QED) is 0.410. The number of carbonyl (C=O) groups is 2. The van der Waals surface area contributed by atoms with Gasteiger partial charge in [-0.15, -0.1) is 0 Å². The molecule has 0 aliphatic carbocycles. The molecular formula is C22H24N2O9. The van der Waals surface area contributed by atoms with Crippen LogP contribution in [0.2, 0.25) is 0 Å². The van der Waals surface area contributed by atoms with Gasteiger partial charge in [-0.05, 0) is 43.0 Å². The Labute approximate surface area is 189 Å². The van der Waals surface area contributed by atoms with E-state index in [4.69, 9.17) is 14.6 Å². The monoisotopic (exact) mass is 460 g/mol. The summed E-state index contributed by atoms with van der Waals surface area (Å²) >= 11 is 0. The Bertz CT molecular complexity index is 1080. The minimum Gasteiger partial charge on any atom is -0.485 e. The smallest absolute Gasteiger partial charge is 0.341 e. The number of hydrogen-bond donors (Lipinski definition) is 1. The molecule has 0 spiro atoms. The molecular weight excluding hydrogens is 436 g/mol. The number of carboxylic acid groups (broad SMARTS) is 1. The van der Waals surface area contributed by atoms with Crippen molar-refractivity contribution in [3.05, 3.63) is 66.7 Å². The van der Waals surface area contributed by atoms with Gasteiger partial charge in [-0.1, -0.05) is 26.0 Å². The molecule has 2 aromatic rings. The third-order valence-corrected chi connectivity index (χ3v) is 5.11. The van der Waals surface area contributed by atoms with E-state index >= 15 is 0 Å². The summed E-state index contributed by atoms with van der Waals surface area (Å²) in [5.74, 6) is -1.74. The first kappa shape index (κ1) is 25.2. The maximum atomic E-state index is 11.6. The van der Waals surface area contributed by atoms with Gasteiger partial charge in [-0.3, -0.25) is 25.0 Å². The maximum absolute atomic E-state index is 11.6. The summed E-state index contributed by atoms with van der Waals surface area (Å²) in [6, 6.07) is 5.87. The lowest BCUT2D eigenvalue weighted by molar-refractivity contribution is -0.396. The van der Waals surface area contributed by atoms with Crippen LogP contribution in [-0.4, -0.2) is 39.9 Å². The van der Waals surface area contributed by atoms with Gasteiger partial charge in [0.05, 0.1) is 9.85 Å². The number of aryl methyl sites for hydroxylation is 2. The number of nitro groups is 2. The van der Waals surface area contributed by atoms with Crippen molar-refractivity contribution in [3.8, 4) is 11.5 Å². The summed E-state index contributed by atoms with van der Waals surface area (Å²) < 4.78 is 10.5. The van der Waals surface area contributed by atoms with Crippen LogP contribution in [0.1, 0.15) is 43.0 Å². The van der Waals surface area contributed by atoms with Crippen molar-refractivity contribution < 1.29 is 34.0 Å². The topological polar surface area (TPSA) is 159 Å². The molecule has 0 aromatic heterocycles. The van der Waals surface area contributed by atoms with Crippen molar-refractivity contribution in [2.75, 3.05) is 13.2 Å². The number of ketones is 1.